The first kappa shape index (κ1) is 19.4. The van der Waals surface area contributed by atoms with Gasteiger partial charge in [-0.3, -0.25) is 9.69 Å². The van der Waals surface area contributed by atoms with E-state index in [1.807, 2.05) is 24.3 Å². The Labute approximate surface area is 161 Å². The van der Waals surface area contributed by atoms with Crippen LogP contribution in [0.25, 0.3) is 0 Å². The summed E-state index contributed by atoms with van der Waals surface area (Å²) in [6, 6.07) is 16.2. The maximum atomic E-state index is 12.3. The van der Waals surface area contributed by atoms with Gasteiger partial charge in [0.15, 0.2) is 0 Å². The number of nitrogens with one attached hydrogen (secondary N) is 1. The molecule has 0 atom stereocenters. The lowest BCUT2D eigenvalue weighted by atomic mass is 10.1. The quantitative estimate of drug-likeness (QED) is 0.817. The molecule has 0 radical (unpaired) electrons. The Balaban J connectivity index is 1.39. The van der Waals surface area contributed by atoms with Crippen LogP contribution in [0.4, 0.5) is 5.69 Å². The number of aryl methyl sites for hydroxylation is 1. The lowest BCUT2D eigenvalue weighted by Gasteiger charge is -2.36. The number of ether oxygens (including phenoxy) is 1. The van der Waals surface area contributed by atoms with Crippen LogP contribution in [0.3, 0.4) is 0 Å². The van der Waals surface area contributed by atoms with Gasteiger partial charge in [0.25, 0.3) is 5.91 Å². The molecule has 0 bridgehead atoms. The van der Waals surface area contributed by atoms with Crippen LogP contribution in [0.15, 0.2) is 48.5 Å². The van der Waals surface area contributed by atoms with Gasteiger partial charge in [0, 0.05) is 57.6 Å². The highest BCUT2D eigenvalue weighted by Gasteiger charge is 2.17. The zero-order valence-electron chi connectivity index (χ0n) is 16.3. The molecule has 0 saturated carbocycles. The molecule has 1 aliphatic heterocycles. The zero-order chi connectivity index (χ0) is 19.1. The van der Waals surface area contributed by atoms with Crippen LogP contribution < -0.4 is 10.2 Å². The third-order valence-corrected chi connectivity index (χ3v) is 4.98. The van der Waals surface area contributed by atoms with Crippen molar-refractivity contribution in [3.05, 3.63) is 65.2 Å². The first-order valence-corrected chi connectivity index (χ1v) is 9.56. The van der Waals surface area contributed by atoms with E-state index < -0.39 is 0 Å². The molecule has 2 aromatic rings. The van der Waals surface area contributed by atoms with Crippen LogP contribution in [0.2, 0.25) is 0 Å². The fourth-order valence-electron chi connectivity index (χ4n) is 3.40. The summed E-state index contributed by atoms with van der Waals surface area (Å²) in [5.74, 6) is -0.0163. The Morgan fingerprint density at radius 3 is 2.48 bits per heavy atom. The number of rotatable bonds is 7. The largest absolute Gasteiger partial charge is 0.380 e. The molecule has 0 spiro atoms. The normalized spacial score (nSPS) is 15.0. The van der Waals surface area contributed by atoms with Gasteiger partial charge in [-0.1, -0.05) is 24.3 Å². The van der Waals surface area contributed by atoms with Gasteiger partial charge in [0.05, 0.1) is 6.61 Å². The van der Waals surface area contributed by atoms with E-state index in [1.165, 1.54) is 11.3 Å². The number of amides is 1. The Bertz CT molecular complexity index is 737. The highest BCUT2D eigenvalue weighted by atomic mass is 16.5. The van der Waals surface area contributed by atoms with Crippen molar-refractivity contribution in [2.75, 3.05) is 51.3 Å². The van der Waals surface area contributed by atoms with Crippen LogP contribution in [0.1, 0.15) is 21.5 Å². The highest BCUT2D eigenvalue weighted by Crippen LogP contribution is 2.17. The molecule has 2 aromatic carbocycles. The van der Waals surface area contributed by atoms with Gasteiger partial charge >= 0.3 is 0 Å². The van der Waals surface area contributed by atoms with Crippen molar-refractivity contribution in [3.63, 3.8) is 0 Å². The molecule has 0 aromatic heterocycles. The second-order valence-electron chi connectivity index (χ2n) is 7.05. The molecule has 1 heterocycles. The minimum absolute atomic E-state index is 0.0163. The minimum atomic E-state index is -0.0163. The Hall–Kier alpha value is -2.37. The molecule has 1 saturated heterocycles. The van der Waals surface area contributed by atoms with Crippen LogP contribution in [-0.4, -0.2) is 57.2 Å². The average Bonchev–Trinajstić information content (AvgIpc) is 2.69. The molecule has 0 unspecified atom stereocenters. The van der Waals surface area contributed by atoms with E-state index in [0.717, 1.165) is 38.3 Å². The molecule has 1 aliphatic rings. The number of benzene rings is 2. The zero-order valence-corrected chi connectivity index (χ0v) is 16.3. The van der Waals surface area contributed by atoms with Crippen LogP contribution in [0.5, 0.6) is 0 Å². The smallest absolute Gasteiger partial charge is 0.251 e. The van der Waals surface area contributed by atoms with E-state index in [0.29, 0.717) is 18.7 Å². The number of hydrogen-bond acceptors (Lipinski definition) is 4. The fraction of sp³-hybridized carbons (Fsp3) is 0.409. The van der Waals surface area contributed by atoms with Gasteiger partial charge in [-0.05, 0) is 42.3 Å². The summed E-state index contributed by atoms with van der Waals surface area (Å²) in [7, 11) is 1.67. The first-order chi connectivity index (χ1) is 13.2. The molecule has 1 N–H and O–H groups in total. The van der Waals surface area contributed by atoms with Gasteiger partial charge < -0.3 is 15.0 Å². The Morgan fingerprint density at radius 1 is 1.07 bits per heavy atom. The predicted octanol–water partition coefficient (Wildman–Crippen LogP) is 2.69. The maximum absolute atomic E-state index is 12.3. The van der Waals surface area contributed by atoms with E-state index in [4.69, 9.17) is 4.74 Å². The van der Waals surface area contributed by atoms with Gasteiger partial charge in [0.1, 0.15) is 0 Å². The predicted molar refractivity (Wildman–Crippen MR) is 109 cm³/mol. The summed E-state index contributed by atoms with van der Waals surface area (Å²) in [4.78, 5) is 17.1. The monoisotopic (exact) mass is 367 g/mol. The lowest BCUT2D eigenvalue weighted by molar-refractivity contribution is 0.0947. The standard InChI is InChI=1S/C22H29N3O2/c1-18-4-3-5-21(16-18)25-14-12-24(13-15-25)11-10-23-22(26)20-8-6-19(7-9-20)17-27-2/h3-9,16H,10-15,17H2,1-2H3,(H,23,26). The van der Waals surface area contributed by atoms with Gasteiger partial charge in [-0.25, -0.2) is 0 Å². The van der Waals surface area contributed by atoms with Crippen molar-refractivity contribution < 1.29 is 9.53 Å². The molecule has 3 rings (SSSR count). The SMILES string of the molecule is COCc1ccc(C(=O)NCCN2CCN(c3cccc(C)c3)CC2)cc1. The van der Waals surface area contributed by atoms with Gasteiger partial charge in [0.2, 0.25) is 0 Å². The molecule has 5 nitrogen and oxygen atoms in total. The lowest BCUT2D eigenvalue weighted by Crippen LogP contribution is -2.48. The van der Waals surface area contributed by atoms with Crippen molar-refractivity contribution >= 4 is 11.6 Å². The number of anilines is 1. The van der Waals surface area contributed by atoms with E-state index in [1.54, 1.807) is 7.11 Å². The number of carbonyl (C=O) groups excluding carboxylic acids is 1. The molecule has 27 heavy (non-hydrogen) atoms. The molecule has 1 amide bonds. The number of hydrogen-bond donors (Lipinski definition) is 1. The second kappa shape index (κ2) is 9.53. The van der Waals surface area contributed by atoms with E-state index in [9.17, 15) is 4.79 Å². The second-order valence-corrected chi connectivity index (χ2v) is 7.05. The number of methoxy groups -OCH3 is 1. The molecule has 1 fully saturated rings. The number of nitrogens with zero attached hydrogens (tertiary/aromatic N) is 2. The summed E-state index contributed by atoms with van der Waals surface area (Å²) in [6.07, 6.45) is 0. The maximum Gasteiger partial charge on any atom is 0.251 e. The van der Waals surface area contributed by atoms with Gasteiger partial charge in [-0.2, -0.15) is 0 Å². The van der Waals surface area contributed by atoms with Crippen molar-refractivity contribution in [1.29, 1.82) is 0 Å². The van der Waals surface area contributed by atoms with Crippen molar-refractivity contribution in [3.8, 4) is 0 Å². The summed E-state index contributed by atoms with van der Waals surface area (Å²) >= 11 is 0. The van der Waals surface area contributed by atoms with Gasteiger partial charge in [-0.15, -0.1) is 0 Å². The number of piperazine rings is 1. The summed E-state index contributed by atoms with van der Waals surface area (Å²) in [5.41, 5.74) is 4.37. The highest BCUT2D eigenvalue weighted by molar-refractivity contribution is 5.94. The molecule has 0 aliphatic carbocycles. The molecular formula is C22H29N3O2. The van der Waals surface area contributed by atoms with E-state index in [-0.39, 0.29) is 5.91 Å². The third-order valence-electron chi connectivity index (χ3n) is 4.98. The average molecular weight is 367 g/mol. The molecular weight excluding hydrogens is 338 g/mol. The molecule has 5 heteroatoms. The van der Waals surface area contributed by atoms with E-state index >= 15 is 0 Å². The summed E-state index contributed by atoms with van der Waals surface area (Å²) < 4.78 is 5.09. The topological polar surface area (TPSA) is 44.8 Å². The van der Waals surface area contributed by atoms with Crippen LogP contribution >= 0.6 is 0 Å². The summed E-state index contributed by atoms with van der Waals surface area (Å²) in [5, 5.41) is 3.02. The van der Waals surface area contributed by atoms with Crippen LogP contribution in [0, 0.1) is 6.92 Å². The Morgan fingerprint density at radius 2 is 1.81 bits per heavy atom. The van der Waals surface area contributed by atoms with Crippen LogP contribution in [-0.2, 0) is 11.3 Å². The van der Waals surface area contributed by atoms with Crippen molar-refractivity contribution in [2.45, 2.75) is 13.5 Å². The molecule has 144 valence electrons. The fourth-order valence-corrected chi connectivity index (χ4v) is 3.40. The van der Waals surface area contributed by atoms with E-state index in [2.05, 4.69) is 46.3 Å². The third kappa shape index (κ3) is 5.55. The summed E-state index contributed by atoms with van der Waals surface area (Å²) in [6.45, 7) is 8.35. The Kier molecular flexibility index (Phi) is 6.85. The number of carbonyl (C=O) groups is 1. The van der Waals surface area contributed by atoms with Crippen molar-refractivity contribution in [1.82, 2.24) is 10.2 Å². The van der Waals surface area contributed by atoms with Crippen molar-refractivity contribution in [2.24, 2.45) is 0 Å². The first-order valence-electron chi connectivity index (χ1n) is 9.56. The minimum Gasteiger partial charge on any atom is -0.380 e.